The maximum absolute atomic E-state index is 13.2. The van der Waals surface area contributed by atoms with Gasteiger partial charge in [0.15, 0.2) is 0 Å². The summed E-state index contributed by atoms with van der Waals surface area (Å²) in [6.45, 7) is 1.72. The quantitative estimate of drug-likeness (QED) is 0.893. The minimum atomic E-state index is -1.02. The van der Waals surface area contributed by atoms with E-state index in [1.807, 2.05) is 0 Å². The average Bonchev–Trinajstić information content (AvgIpc) is 2.85. The van der Waals surface area contributed by atoms with Crippen LogP contribution < -0.4 is 11.1 Å². The number of amides is 1. The van der Waals surface area contributed by atoms with Gasteiger partial charge in [-0.2, -0.15) is 0 Å². The predicted molar refractivity (Wildman–Crippen MR) is 73.3 cm³/mol. The normalized spacial score (nSPS) is 19.3. The highest BCUT2D eigenvalue weighted by molar-refractivity contribution is 6.30. The molecule has 3 N–H and O–H groups in total. The maximum Gasteiger partial charge on any atom is 0.242 e. The number of primary amides is 1. The Morgan fingerprint density at radius 3 is 2.63 bits per heavy atom. The van der Waals surface area contributed by atoms with Crippen LogP contribution in [0.5, 0.6) is 0 Å². The molecule has 104 valence electrons. The minimum absolute atomic E-state index is 0.00167. The molecule has 0 aromatic heterocycles. The van der Waals surface area contributed by atoms with Gasteiger partial charge in [0.1, 0.15) is 11.4 Å². The second-order valence-electron chi connectivity index (χ2n) is 5.24. The lowest BCUT2D eigenvalue weighted by atomic mass is 9.90. The molecule has 5 heteroatoms. The molecule has 1 aromatic carbocycles. The molecule has 0 radical (unpaired) electrons. The Labute approximate surface area is 117 Å². The Hall–Kier alpha value is -1.13. The topological polar surface area (TPSA) is 55.1 Å². The highest BCUT2D eigenvalue weighted by Crippen LogP contribution is 2.28. The molecule has 0 aliphatic heterocycles. The standard InChI is InChI=1S/C14H18ClFN2O/c1-14(13(17)19,18-10-4-2-3-5-10)9-6-7-12(16)11(15)8-9/h6-8,10,18H,2-5H2,1H3,(H2,17,19). The first-order valence-corrected chi connectivity index (χ1v) is 6.84. The van der Waals surface area contributed by atoms with Crippen molar-refractivity contribution in [1.29, 1.82) is 0 Å². The maximum atomic E-state index is 13.2. The molecule has 0 spiro atoms. The molecular formula is C14H18ClFN2O. The van der Waals surface area contributed by atoms with Crippen LogP contribution in [0, 0.1) is 5.82 Å². The van der Waals surface area contributed by atoms with Crippen LogP contribution in [0.4, 0.5) is 4.39 Å². The summed E-state index contributed by atoms with van der Waals surface area (Å²) in [6.07, 6.45) is 4.35. The van der Waals surface area contributed by atoms with E-state index in [4.69, 9.17) is 17.3 Å². The number of hydrogen-bond acceptors (Lipinski definition) is 2. The van der Waals surface area contributed by atoms with E-state index < -0.39 is 17.3 Å². The SMILES string of the molecule is CC(NC1CCCC1)(C(N)=O)c1ccc(F)c(Cl)c1. The molecule has 3 nitrogen and oxygen atoms in total. The summed E-state index contributed by atoms with van der Waals surface area (Å²) in [7, 11) is 0. The largest absolute Gasteiger partial charge is 0.368 e. The Bertz CT molecular complexity index is 488. The fourth-order valence-corrected chi connectivity index (χ4v) is 2.76. The minimum Gasteiger partial charge on any atom is -0.368 e. The number of carbonyl (C=O) groups excluding carboxylic acids is 1. The molecule has 0 bridgehead atoms. The van der Waals surface area contributed by atoms with Gasteiger partial charge in [0, 0.05) is 6.04 Å². The van der Waals surface area contributed by atoms with Gasteiger partial charge in [0.2, 0.25) is 5.91 Å². The van der Waals surface area contributed by atoms with Gasteiger partial charge in [-0.1, -0.05) is 30.5 Å². The molecule has 1 amide bonds. The van der Waals surface area contributed by atoms with Crippen molar-refractivity contribution in [2.24, 2.45) is 5.73 Å². The van der Waals surface area contributed by atoms with Crippen LogP contribution in [0.15, 0.2) is 18.2 Å². The molecule has 19 heavy (non-hydrogen) atoms. The molecule has 0 heterocycles. The van der Waals surface area contributed by atoms with Gasteiger partial charge >= 0.3 is 0 Å². The molecule has 0 saturated heterocycles. The number of benzene rings is 1. The first-order valence-electron chi connectivity index (χ1n) is 6.46. The first kappa shape index (κ1) is 14.3. The van der Waals surface area contributed by atoms with Crippen molar-refractivity contribution >= 4 is 17.5 Å². The van der Waals surface area contributed by atoms with E-state index in [1.54, 1.807) is 13.0 Å². The lowest BCUT2D eigenvalue weighted by Crippen LogP contribution is -2.53. The van der Waals surface area contributed by atoms with Crippen LogP contribution in [0.3, 0.4) is 0 Å². The summed E-state index contributed by atoms with van der Waals surface area (Å²) in [5.41, 5.74) is 5.11. The van der Waals surface area contributed by atoms with Gasteiger partial charge in [-0.15, -0.1) is 0 Å². The van der Waals surface area contributed by atoms with Crippen LogP contribution in [-0.2, 0) is 10.3 Å². The van der Waals surface area contributed by atoms with Crippen LogP contribution in [0.2, 0.25) is 5.02 Å². The van der Waals surface area contributed by atoms with Gasteiger partial charge in [0.05, 0.1) is 5.02 Å². The molecule has 1 aliphatic carbocycles. The molecular weight excluding hydrogens is 267 g/mol. The molecule has 1 unspecified atom stereocenters. The molecule has 1 fully saturated rings. The third-order valence-corrected chi connectivity index (χ3v) is 4.13. The van der Waals surface area contributed by atoms with Crippen LogP contribution in [0.1, 0.15) is 38.2 Å². The van der Waals surface area contributed by atoms with E-state index in [1.165, 1.54) is 12.1 Å². The van der Waals surface area contributed by atoms with Gasteiger partial charge in [0.25, 0.3) is 0 Å². The van der Waals surface area contributed by atoms with Gasteiger partial charge in [-0.3, -0.25) is 10.1 Å². The molecule has 1 aliphatic rings. The summed E-state index contributed by atoms with van der Waals surface area (Å²) in [5, 5.41) is 3.30. The predicted octanol–water partition coefficient (Wildman–Crippen LogP) is 2.71. The number of rotatable bonds is 4. The summed E-state index contributed by atoms with van der Waals surface area (Å²) in [4.78, 5) is 11.8. The number of nitrogens with two attached hydrogens (primary N) is 1. The average molecular weight is 285 g/mol. The van der Waals surface area contributed by atoms with Crippen molar-refractivity contribution in [2.75, 3.05) is 0 Å². The fourth-order valence-electron chi connectivity index (χ4n) is 2.58. The zero-order valence-corrected chi connectivity index (χ0v) is 11.6. The van der Waals surface area contributed by atoms with Crippen molar-refractivity contribution in [1.82, 2.24) is 5.32 Å². The Morgan fingerprint density at radius 2 is 2.11 bits per heavy atom. The highest BCUT2D eigenvalue weighted by atomic mass is 35.5. The van der Waals surface area contributed by atoms with Crippen LogP contribution in [0.25, 0.3) is 0 Å². The van der Waals surface area contributed by atoms with Gasteiger partial charge in [-0.05, 0) is 37.5 Å². The van der Waals surface area contributed by atoms with Crippen molar-refractivity contribution in [3.63, 3.8) is 0 Å². The van der Waals surface area contributed by atoms with E-state index in [-0.39, 0.29) is 11.1 Å². The molecule has 1 aromatic rings. The van der Waals surface area contributed by atoms with Crippen molar-refractivity contribution in [3.8, 4) is 0 Å². The summed E-state index contributed by atoms with van der Waals surface area (Å²) in [6, 6.07) is 4.54. The highest BCUT2D eigenvalue weighted by Gasteiger charge is 2.36. The number of halogens is 2. The number of nitrogens with one attached hydrogen (secondary N) is 1. The zero-order chi connectivity index (χ0) is 14.0. The molecule has 1 saturated carbocycles. The summed E-state index contributed by atoms with van der Waals surface area (Å²) >= 11 is 5.79. The van der Waals surface area contributed by atoms with E-state index in [9.17, 15) is 9.18 Å². The first-order chi connectivity index (χ1) is 8.93. The second-order valence-corrected chi connectivity index (χ2v) is 5.65. The summed E-state index contributed by atoms with van der Waals surface area (Å²) in [5.74, 6) is -0.986. The van der Waals surface area contributed by atoms with E-state index in [2.05, 4.69) is 5.32 Å². The lowest BCUT2D eigenvalue weighted by molar-refractivity contribution is -0.124. The second kappa shape index (κ2) is 5.47. The molecule has 1 atom stereocenters. The summed E-state index contributed by atoms with van der Waals surface area (Å²) < 4.78 is 13.2. The Balaban J connectivity index is 2.31. The third-order valence-electron chi connectivity index (χ3n) is 3.84. The van der Waals surface area contributed by atoms with E-state index >= 15 is 0 Å². The number of hydrogen-bond donors (Lipinski definition) is 2. The van der Waals surface area contributed by atoms with Gasteiger partial charge in [-0.25, -0.2) is 4.39 Å². The molecule has 2 rings (SSSR count). The third kappa shape index (κ3) is 2.90. The van der Waals surface area contributed by atoms with Crippen LogP contribution >= 0.6 is 11.6 Å². The van der Waals surface area contributed by atoms with E-state index in [0.29, 0.717) is 5.56 Å². The Morgan fingerprint density at radius 1 is 1.47 bits per heavy atom. The van der Waals surface area contributed by atoms with Crippen LogP contribution in [-0.4, -0.2) is 11.9 Å². The van der Waals surface area contributed by atoms with Crippen molar-refractivity contribution in [3.05, 3.63) is 34.6 Å². The monoisotopic (exact) mass is 284 g/mol. The van der Waals surface area contributed by atoms with Crippen molar-refractivity contribution < 1.29 is 9.18 Å². The van der Waals surface area contributed by atoms with E-state index in [0.717, 1.165) is 25.7 Å². The zero-order valence-electron chi connectivity index (χ0n) is 10.9. The van der Waals surface area contributed by atoms with Gasteiger partial charge < -0.3 is 5.73 Å². The smallest absolute Gasteiger partial charge is 0.242 e. The Kier molecular flexibility index (Phi) is 4.11. The van der Waals surface area contributed by atoms with Crippen molar-refractivity contribution in [2.45, 2.75) is 44.2 Å². The fraction of sp³-hybridized carbons (Fsp3) is 0.500. The lowest BCUT2D eigenvalue weighted by Gasteiger charge is -2.31. The number of carbonyl (C=O) groups is 1.